The number of ether oxygens (including phenoxy) is 1. The van der Waals surface area contributed by atoms with Gasteiger partial charge in [0.05, 0.1) is 4.88 Å². The van der Waals surface area contributed by atoms with Gasteiger partial charge in [-0.2, -0.15) is 0 Å². The van der Waals surface area contributed by atoms with Gasteiger partial charge in [0, 0.05) is 26.8 Å². The normalized spacial score (nSPS) is 10.8. The average Bonchev–Trinajstić information content (AvgIpc) is 2.76. The number of nitrogens with two attached hydrogens (primary N) is 1. The summed E-state index contributed by atoms with van der Waals surface area (Å²) in [7, 11) is 3.72. The van der Waals surface area contributed by atoms with E-state index in [1.807, 2.05) is 18.5 Å². The maximum Gasteiger partial charge on any atom is 0.275 e. The molecule has 6 heteroatoms. The molecular formula is C11H19N3O2S. The summed E-state index contributed by atoms with van der Waals surface area (Å²) >= 11 is 1.41. The van der Waals surface area contributed by atoms with Crippen LogP contribution in [0.2, 0.25) is 0 Å². The fourth-order valence-electron chi connectivity index (χ4n) is 1.57. The Morgan fingerprint density at radius 3 is 3.06 bits per heavy atom. The summed E-state index contributed by atoms with van der Waals surface area (Å²) in [5, 5.41) is 1.91. The van der Waals surface area contributed by atoms with Crippen molar-refractivity contribution >= 4 is 17.2 Å². The van der Waals surface area contributed by atoms with Gasteiger partial charge in [-0.25, -0.2) is 5.84 Å². The van der Waals surface area contributed by atoms with Crippen molar-refractivity contribution < 1.29 is 9.53 Å². The zero-order chi connectivity index (χ0) is 12.7. The molecule has 0 aromatic carbocycles. The first-order valence-corrected chi connectivity index (χ1v) is 6.31. The molecule has 1 heterocycles. The summed E-state index contributed by atoms with van der Waals surface area (Å²) in [5.41, 5.74) is 3.18. The number of carbonyl (C=O) groups is 1. The van der Waals surface area contributed by atoms with Gasteiger partial charge in [-0.1, -0.05) is 0 Å². The number of amides is 1. The van der Waals surface area contributed by atoms with E-state index >= 15 is 0 Å². The van der Waals surface area contributed by atoms with E-state index in [4.69, 9.17) is 10.6 Å². The number of nitrogens with zero attached hydrogens (tertiary/aromatic N) is 1. The average molecular weight is 257 g/mol. The third-order valence-electron chi connectivity index (χ3n) is 2.41. The number of rotatable bonds is 7. The van der Waals surface area contributed by atoms with Gasteiger partial charge in [0.1, 0.15) is 0 Å². The number of carbonyl (C=O) groups excluding carboxylic acids is 1. The van der Waals surface area contributed by atoms with Gasteiger partial charge >= 0.3 is 0 Å². The summed E-state index contributed by atoms with van der Waals surface area (Å²) < 4.78 is 5.00. The monoisotopic (exact) mass is 257 g/mol. The van der Waals surface area contributed by atoms with Crippen molar-refractivity contribution in [2.75, 3.05) is 27.3 Å². The predicted octanol–water partition coefficient (Wildman–Crippen LogP) is 0.820. The van der Waals surface area contributed by atoms with E-state index in [1.54, 1.807) is 7.11 Å². The molecular weight excluding hydrogens is 238 g/mol. The molecule has 0 aliphatic rings. The Balaban J connectivity index is 2.50. The lowest BCUT2D eigenvalue weighted by Crippen LogP contribution is -2.30. The lowest BCUT2D eigenvalue weighted by molar-refractivity contribution is 0.0956. The Labute approximate surface area is 106 Å². The number of hydrazine groups is 1. The molecule has 0 radical (unpaired) electrons. The lowest BCUT2D eigenvalue weighted by Gasteiger charge is -2.16. The van der Waals surface area contributed by atoms with E-state index in [0.29, 0.717) is 4.88 Å². The zero-order valence-electron chi connectivity index (χ0n) is 10.2. The highest BCUT2D eigenvalue weighted by atomic mass is 32.1. The third-order valence-corrected chi connectivity index (χ3v) is 3.37. The molecule has 1 aromatic rings. The summed E-state index contributed by atoms with van der Waals surface area (Å²) in [6.45, 7) is 2.44. The number of hydrogen-bond acceptors (Lipinski definition) is 5. The highest BCUT2D eigenvalue weighted by Crippen LogP contribution is 2.18. The largest absolute Gasteiger partial charge is 0.385 e. The molecule has 5 nitrogen and oxygen atoms in total. The second kappa shape index (κ2) is 7.39. The first kappa shape index (κ1) is 14.1. The van der Waals surface area contributed by atoms with Crippen LogP contribution in [-0.2, 0) is 11.3 Å². The molecule has 0 spiro atoms. The van der Waals surface area contributed by atoms with Crippen molar-refractivity contribution in [3.05, 3.63) is 21.9 Å². The van der Waals surface area contributed by atoms with E-state index < -0.39 is 0 Å². The molecule has 3 N–H and O–H groups in total. The number of methoxy groups -OCH3 is 1. The van der Waals surface area contributed by atoms with Crippen molar-refractivity contribution in [3.63, 3.8) is 0 Å². The van der Waals surface area contributed by atoms with Gasteiger partial charge in [-0.15, -0.1) is 11.3 Å². The van der Waals surface area contributed by atoms with Crippen LogP contribution in [0.4, 0.5) is 0 Å². The standard InChI is InChI=1S/C11H19N3O2S/c1-14(5-3-6-16-2)8-9-4-7-17-10(9)11(15)13-12/h4,7H,3,5-6,8,12H2,1-2H3,(H,13,15). The van der Waals surface area contributed by atoms with Crippen LogP contribution in [0.3, 0.4) is 0 Å². The van der Waals surface area contributed by atoms with Crippen LogP contribution in [0.15, 0.2) is 11.4 Å². The Bertz CT molecular complexity index is 354. The Morgan fingerprint density at radius 2 is 2.41 bits per heavy atom. The van der Waals surface area contributed by atoms with Crippen molar-refractivity contribution in [1.82, 2.24) is 10.3 Å². The van der Waals surface area contributed by atoms with Crippen LogP contribution in [0, 0.1) is 0 Å². The molecule has 0 bridgehead atoms. The third kappa shape index (κ3) is 4.43. The molecule has 1 aromatic heterocycles. The smallest absolute Gasteiger partial charge is 0.275 e. The van der Waals surface area contributed by atoms with Gasteiger partial charge in [-0.3, -0.25) is 10.2 Å². The second-order valence-corrected chi connectivity index (χ2v) is 4.75. The van der Waals surface area contributed by atoms with E-state index in [1.165, 1.54) is 11.3 Å². The molecule has 96 valence electrons. The minimum atomic E-state index is -0.222. The number of thiophene rings is 1. The van der Waals surface area contributed by atoms with E-state index in [2.05, 4.69) is 10.3 Å². The maximum absolute atomic E-state index is 11.5. The molecule has 0 saturated heterocycles. The van der Waals surface area contributed by atoms with E-state index in [-0.39, 0.29) is 5.91 Å². The van der Waals surface area contributed by atoms with Gasteiger partial charge in [0.2, 0.25) is 0 Å². The molecule has 0 fully saturated rings. The van der Waals surface area contributed by atoms with Crippen molar-refractivity contribution in [2.45, 2.75) is 13.0 Å². The van der Waals surface area contributed by atoms with Crippen molar-refractivity contribution in [3.8, 4) is 0 Å². The quantitative estimate of drug-likeness (QED) is 0.328. The molecule has 0 aliphatic carbocycles. The van der Waals surface area contributed by atoms with Crippen LogP contribution >= 0.6 is 11.3 Å². The molecule has 17 heavy (non-hydrogen) atoms. The predicted molar refractivity (Wildman–Crippen MR) is 68.8 cm³/mol. The summed E-state index contributed by atoms with van der Waals surface area (Å²) in [6.07, 6.45) is 0.982. The molecule has 0 saturated carbocycles. The Kier molecular flexibility index (Phi) is 6.13. The van der Waals surface area contributed by atoms with Gasteiger partial charge in [0.25, 0.3) is 5.91 Å². The molecule has 0 atom stereocenters. The van der Waals surface area contributed by atoms with Crippen LogP contribution in [0.1, 0.15) is 21.7 Å². The van der Waals surface area contributed by atoms with E-state index in [0.717, 1.165) is 31.7 Å². The van der Waals surface area contributed by atoms with Gasteiger partial charge < -0.3 is 9.64 Å². The van der Waals surface area contributed by atoms with E-state index in [9.17, 15) is 4.79 Å². The maximum atomic E-state index is 11.5. The lowest BCUT2D eigenvalue weighted by atomic mass is 10.2. The van der Waals surface area contributed by atoms with Crippen molar-refractivity contribution in [1.29, 1.82) is 0 Å². The first-order chi connectivity index (χ1) is 8.19. The number of nitrogen functional groups attached to an aromatic ring is 1. The SMILES string of the molecule is COCCCN(C)Cc1ccsc1C(=O)NN. The second-order valence-electron chi connectivity index (χ2n) is 3.83. The zero-order valence-corrected chi connectivity index (χ0v) is 11.0. The highest BCUT2D eigenvalue weighted by Gasteiger charge is 2.13. The van der Waals surface area contributed by atoms with Crippen LogP contribution in [-0.4, -0.2) is 38.1 Å². The fourth-order valence-corrected chi connectivity index (χ4v) is 2.39. The molecule has 1 rings (SSSR count). The van der Waals surface area contributed by atoms with Gasteiger partial charge in [-0.05, 0) is 30.5 Å². The van der Waals surface area contributed by atoms with Crippen LogP contribution < -0.4 is 11.3 Å². The molecule has 0 unspecified atom stereocenters. The first-order valence-electron chi connectivity index (χ1n) is 5.43. The highest BCUT2D eigenvalue weighted by molar-refractivity contribution is 7.12. The minimum Gasteiger partial charge on any atom is -0.385 e. The fraction of sp³-hybridized carbons (Fsp3) is 0.545. The molecule has 1 amide bonds. The van der Waals surface area contributed by atoms with Gasteiger partial charge in [0.15, 0.2) is 0 Å². The summed E-state index contributed by atoms with van der Waals surface area (Å²) in [4.78, 5) is 14.3. The van der Waals surface area contributed by atoms with Crippen LogP contribution in [0.5, 0.6) is 0 Å². The number of nitrogens with one attached hydrogen (secondary N) is 1. The molecule has 0 aliphatic heterocycles. The minimum absolute atomic E-state index is 0.222. The topological polar surface area (TPSA) is 67.6 Å². The summed E-state index contributed by atoms with van der Waals surface area (Å²) in [6, 6.07) is 1.96. The Morgan fingerprint density at radius 1 is 1.65 bits per heavy atom. The summed E-state index contributed by atoms with van der Waals surface area (Å²) in [5.74, 6) is 4.92. The Hall–Kier alpha value is -0.950. The van der Waals surface area contributed by atoms with Crippen molar-refractivity contribution in [2.24, 2.45) is 5.84 Å². The van der Waals surface area contributed by atoms with Crippen LogP contribution in [0.25, 0.3) is 0 Å². The number of hydrogen-bond donors (Lipinski definition) is 2.